The maximum Gasteiger partial charge on any atom is 0.251 e. The van der Waals surface area contributed by atoms with E-state index in [1.165, 1.54) is 0 Å². The Hall–Kier alpha value is -2.49. The highest BCUT2D eigenvalue weighted by molar-refractivity contribution is 9.10. The fourth-order valence-corrected chi connectivity index (χ4v) is 1.96. The molecule has 0 saturated heterocycles. The maximum atomic E-state index is 12.0. The Balaban J connectivity index is 2.35. The molecule has 4 N–H and O–H groups in total. The van der Waals surface area contributed by atoms with E-state index >= 15 is 0 Å². The van der Waals surface area contributed by atoms with E-state index in [1.807, 2.05) is 0 Å². The summed E-state index contributed by atoms with van der Waals surface area (Å²) in [7, 11) is 0. The van der Waals surface area contributed by atoms with Crippen molar-refractivity contribution in [1.82, 2.24) is 16.1 Å². The standard InChI is InChI=1S/C13H16BrN5O4/c14-10-5-3-9(4-6-10)12(21)17-11(8-20)2-1-7-16-13(15)18-19(22)23/h3-6,8,11H,1-2,7H2,(H,17,21)(H3,15,16,18). The lowest BCUT2D eigenvalue weighted by Gasteiger charge is -2.13. The van der Waals surface area contributed by atoms with Crippen LogP contribution < -0.4 is 16.1 Å². The smallest absolute Gasteiger partial charge is 0.251 e. The summed E-state index contributed by atoms with van der Waals surface area (Å²) in [6, 6.07) is 6.05. The van der Waals surface area contributed by atoms with Gasteiger partial charge in [0.15, 0.2) is 5.03 Å². The van der Waals surface area contributed by atoms with Gasteiger partial charge in [-0.15, -0.1) is 0 Å². The summed E-state index contributed by atoms with van der Waals surface area (Å²) in [5.74, 6) is -0.790. The number of hydrazine groups is 1. The molecule has 1 amide bonds. The number of carbonyl (C=O) groups is 2. The van der Waals surface area contributed by atoms with Gasteiger partial charge in [0, 0.05) is 16.6 Å². The lowest BCUT2D eigenvalue weighted by atomic mass is 10.1. The highest BCUT2D eigenvalue weighted by atomic mass is 79.9. The molecule has 1 aromatic carbocycles. The fraction of sp³-hybridized carbons (Fsp3) is 0.308. The second kappa shape index (κ2) is 9.51. The number of nitrogens with one attached hydrogen (secondary N) is 4. The van der Waals surface area contributed by atoms with E-state index in [0.29, 0.717) is 24.7 Å². The Morgan fingerprint density at radius 2 is 2.04 bits per heavy atom. The molecule has 10 heteroatoms. The van der Waals surface area contributed by atoms with Crippen molar-refractivity contribution in [2.45, 2.75) is 18.9 Å². The monoisotopic (exact) mass is 385 g/mol. The minimum Gasteiger partial charge on any atom is -0.352 e. The lowest BCUT2D eigenvalue weighted by molar-refractivity contribution is -0.525. The summed E-state index contributed by atoms with van der Waals surface area (Å²) >= 11 is 3.27. The summed E-state index contributed by atoms with van der Waals surface area (Å²) in [6.45, 7) is 0.262. The third kappa shape index (κ3) is 7.36. The van der Waals surface area contributed by atoms with E-state index in [-0.39, 0.29) is 12.5 Å². The van der Waals surface area contributed by atoms with E-state index in [1.54, 1.807) is 29.7 Å². The molecule has 0 saturated carbocycles. The van der Waals surface area contributed by atoms with Gasteiger partial charge in [0.25, 0.3) is 11.9 Å². The topological polar surface area (TPSA) is 137 Å². The fourth-order valence-electron chi connectivity index (χ4n) is 1.69. The number of hydrogen-bond acceptors (Lipinski definition) is 5. The van der Waals surface area contributed by atoms with Crippen molar-refractivity contribution >= 4 is 34.1 Å². The molecule has 1 rings (SSSR count). The molecule has 0 bridgehead atoms. The van der Waals surface area contributed by atoms with Crippen molar-refractivity contribution in [3.63, 3.8) is 0 Å². The first kappa shape index (κ1) is 18.6. The first-order valence-corrected chi connectivity index (χ1v) is 7.47. The van der Waals surface area contributed by atoms with E-state index in [2.05, 4.69) is 26.6 Å². The van der Waals surface area contributed by atoms with Crippen LogP contribution in [-0.4, -0.2) is 35.8 Å². The van der Waals surface area contributed by atoms with Gasteiger partial charge < -0.3 is 15.4 Å². The highest BCUT2D eigenvalue weighted by Crippen LogP contribution is 2.10. The number of amides is 1. The first-order chi connectivity index (χ1) is 10.9. The van der Waals surface area contributed by atoms with Crippen LogP contribution in [0.4, 0.5) is 0 Å². The van der Waals surface area contributed by atoms with Crippen molar-refractivity contribution < 1.29 is 14.6 Å². The van der Waals surface area contributed by atoms with Crippen molar-refractivity contribution in [1.29, 1.82) is 5.41 Å². The molecule has 23 heavy (non-hydrogen) atoms. The highest BCUT2D eigenvalue weighted by Gasteiger charge is 2.13. The van der Waals surface area contributed by atoms with Crippen LogP contribution in [0, 0.1) is 15.5 Å². The van der Waals surface area contributed by atoms with Crippen molar-refractivity contribution in [3.05, 3.63) is 44.4 Å². The van der Waals surface area contributed by atoms with Crippen LogP contribution in [-0.2, 0) is 4.79 Å². The lowest BCUT2D eigenvalue weighted by Crippen LogP contribution is -2.41. The van der Waals surface area contributed by atoms with Gasteiger partial charge in [0.2, 0.25) is 0 Å². The Morgan fingerprint density at radius 1 is 1.39 bits per heavy atom. The molecule has 0 aliphatic heterocycles. The molecular weight excluding hydrogens is 370 g/mol. The van der Waals surface area contributed by atoms with E-state index in [9.17, 15) is 19.7 Å². The molecule has 0 aliphatic rings. The average Bonchev–Trinajstić information content (AvgIpc) is 2.50. The third-order valence-corrected chi connectivity index (χ3v) is 3.31. The number of carbonyl (C=O) groups excluding carboxylic acids is 2. The molecule has 1 unspecified atom stereocenters. The van der Waals surface area contributed by atoms with Gasteiger partial charge in [0.05, 0.1) is 6.04 Å². The first-order valence-electron chi connectivity index (χ1n) is 6.67. The Morgan fingerprint density at radius 3 is 2.61 bits per heavy atom. The zero-order valence-corrected chi connectivity index (χ0v) is 13.6. The minimum absolute atomic E-state index is 0.262. The molecule has 1 aromatic rings. The quantitative estimate of drug-likeness (QED) is 0.130. The summed E-state index contributed by atoms with van der Waals surface area (Å²) < 4.78 is 0.845. The average molecular weight is 386 g/mol. The van der Waals surface area contributed by atoms with Gasteiger partial charge in [-0.25, -0.2) is 10.1 Å². The van der Waals surface area contributed by atoms with Crippen molar-refractivity contribution in [2.75, 3.05) is 6.54 Å². The zero-order valence-electron chi connectivity index (χ0n) is 12.0. The second-order valence-electron chi connectivity index (χ2n) is 4.54. The predicted molar refractivity (Wildman–Crippen MR) is 86.6 cm³/mol. The van der Waals surface area contributed by atoms with E-state index < -0.39 is 17.0 Å². The van der Waals surface area contributed by atoms with Crippen LogP contribution in [0.2, 0.25) is 0 Å². The number of benzene rings is 1. The molecule has 124 valence electrons. The molecule has 0 radical (unpaired) electrons. The number of nitrogens with zero attached hydrogens (tertiary/aromatic N) is 1. The van der Waals surface area contributed by atoms with E-state index in [0.717, 1.165) is 4.47 Å². The zero-order chi connectivity index (χ0) is 17.2. The van der Waals surface area contributed by atoms with Crippen LogP contribution in [0.5, 0.6) is 0 Å². The SMILES string of the molecule is N=C(NCCCC(C=O)NC(=O)c1ccc(Br)cc1)N[N+](=O)[O-]. The largest absolute Gasteiger partial charge is 0.352 e. The molecule has 0 aliphatic carbocycles. The van der Waals surface area contributed by atoms with Gasteiger partial charge in [-0.1, -0.05) is 21.4 Å². The van der Waals surface area contributed by atoms with Gasteiger partial charge in [-0.2, -0.15) is 0 Å². The van der Waals surface area contributed by atoms with Crippen LogP contribution in [0.1, 0.15) is 23.2 Å². The number of aldehydes is 1. The Labute approximate surface area is 140 Å². The normalized spacial score (nSPS) is 11.2. The van der Waals surface area contributed by atoms with Gasteiger partial charge >= 0.3 is 0 Å². The predicted octanol–water partition coefficient (Wildman–Crippen LogP) is 0.832. The number of rotatable bonds is 8. The summed E-state index contributed by atoms with van der Waals surface area (Å²) in [5.41, 5.74) is 2.09. The second-order valence-corrected chi connectivity index (χ2v) is 5.45. The van der Waals surface area contributed by atoms with Gasteiger partial charge in [-0.3, -0.25) is 10.2 Å². The third-order valence-electron chi connectivity index (χ3n) is 2.78. The summed E-state index contributed by atoms with van der Waals surface area (Å²) in [4.78, 5) is 33.1. The number of nitro groups is 1. The van der Waals surface area contributed by atoms with E-state index in [4.69, 9.17) is 5.41 Å². The molecular formula is C13H16BrN5O4. The van der Waals surface area contributed by atoms with Crippen LogP contribution in [0.15, 0.2) is 28.7 Å². The number of halogens is 1. The molecule has 0 heterocycles. The van der Waals surface area contributed by atoms with Crippen molar-refractivity contribution in [2.24, 2.45) is 0 Å². The maximum absolute atomic E-state index is 12.0. The van der Waals surface area contributed by atoms with Crippen LogP contribution >= 0.6 is 15.9 Å². The van der Waals surface area contributed by atoms with Gasteiger partial charge in [-0.05, 0) is 37.1 Å². The Kier molecular flexibility index (Phi) is 7.67. The minimum atomic E-state index is -0.845. The summed E-state index contributed by atoms with van der Waals surface area (Å²) in [5, 5.41) is 21.5. The molecule has 0 fully saturated rings. The molecule has 0 aromatic heterocycles. The van der Waals surface area contributed by atoms with Crippen LogP contribution in [0.25, 0.3) is 0 Å². The molecule has 0 spiro atoms. The number of guanidine groups is 1. The van der Waals surface area contributed by atoms with Crippen LogP contribution in [0.3, 0.4) is 0 Å². The molecule has 9 nitrogen and oxygen atoms in total. The van der Waals surface area contributed by atoms with Gasteiger partial charge in [0.1, 0.15) is 6.29 Å². The molecule has 1 atom stereocenters. The van der Waals surface area contributed by atoms with Crippen molar-refractivity contribution in [3.8, 4) is 0 Å². The Bertz CT molecular complexity index is 578. The number of hydrogen-bond donors (Lipinski definition) is 4. The summed E-state index contributed by atoms with van der Waals surface area (Å²) in [6.07, 6.45) is 1.44.